The highest BCUT2D eigenvalue weighted by Crippen LogP contribution is 2.34. The first-order valence-electron chi connectivity index (χ1n) is 10.1. The summed E-state index contributed by atoms with van der Waals surface area (Å²) < 4.78 is 0. The molecule has 1 N–H and O–H groups in total. The maximum absolute atomic E-state index is 12.7. The van der Waals surface area contributed by atoms with Crippen LogP contribution in [0.2, 0.25) is 0 Å². The Morgan fingerprint density at radius 3 is 2.28 bits per heavy atom. The van der Waals surface area contributed by atoms with Crippen LogP contribution in [0.15, 0.2) is 48.8 Å². The van der Waals surface area contributed by atoms with E-state index in [4.69, 9.17) is 0 Å². The molecule has 0 saturated carbocycles. The summed E-state index contributed by atoms with van der Waals surface area (Å²) in [6, 6.07) is 12.6. The fourth-order valence-corrected chi connectivity index (χ4v) is 4.30. The molecule has 0 spiro atoms. The summed E-state index contributed by atoms with van der Waals surface area (Å²) in [6.07, 6.45) is 5.58. The van der Waals surface area contributed by atoms with Crippen LogP contribution in [-0.2, 0) is 14.4 Å². The number of rotatable bonds is 4. The number of piperidine rings is 1. The summed E-state index contributed by atoms with van der Waals surface area (Å²) in [4.78, 5) is 42.0. The Morgan fingerprint density at radius 1 is 1.07 bits per heavy atom. The van der Waals surface area contributed by atoms with Crippen molar-refractivity contribution in [2.75, 3.05) is 13.1 Å². The predicted octanol–water partition coefficient (Wildman–Crippen LogP) is 2.90. The first-order valence-corrected chi connectivity index (χ1v) is 10.1. The maximum atomic E-state index is 12.7. The number of pyridine rings is 1. The average Bonchev–Trinajstić information content (AvgIpc) is 2.99. The van der Waals surface area contributed by atoms with Crippen molar-refractivity contribution in [3.63, 3.8) is 0 Å². The molecule has 0 bridgehead atoms. The first-order chi connectivity index (χ1) is 13.9. The van der Waals surface area contributed by atoms with Crippen molar-refractivity contribution >= 4 is 17.7 Å². The van der Waals surface area contributed by atoms with Crippen molar-refractivity contribution in [2.45, 2.75) is 38.5 Å². The number of benzene rings is 1. The lowest BCUT2D eigenvalue weighted by Gasteiger charge is -2.34. The molecule has 3 amide bonds. The summed E-state index contributed by atoms with van der Waals surface area (Å²) in [5.41, 5.74) is 2.70. The zero-order valence-corrected chi connectivity index (χ0v) is 16.6. The van der Waals surface area contributed by atoms with Crippen molar-refractivity contribution in [1.82, 2.24) is 15.2 Å². The van der Waals surface area contributed by atoms with Gasteiger partial charge in [0.25, 0.3) is 0 Å². The number of likely N-dealkylation sites (tertiary alicyclic amines) is 1. The summed E-state index contributed by atoms with van der Waals surface area (Å²) in [5, 5.41) is 2.31. The molecule has 29 heavy (non-hydrogen) atoms. The zero-order chi connectivity index (χ0) is 20.4. The predicted molar refractivity (Wildman–Crippen MR) is 109 cm³/mol. The van der Waals surface area contributed by atoms with E-state index in [2.05, 4.69) is 34.6 Å². The van der Waals surface area contributed by atoms with Crippen LogP contribution in [0.4, 0.5) is 0 Å². The Kier molecular flexibility index (Phi) is 5.18. The van der Waals surface area contributed by atoms with Gasteiger partial charge in [0.15, 0.2) is 0 Å². The van der Waals surface area contributed by atoms with Gasteiger partial charge in [-0.15, -0.1) is 0 Å². The minimum absolute atomic E-state index is 0.0381. The maximum Gasteiger partial charge on any atom is 0.233 e. The van der Waals surface area contributed by atoms with Crippen LogP contribution in [0.3, 0.4) is 0 Å². The van der Waals surface area contributed by atoms with E-state index in [1.165, 1.54) is 11.1 Å². The van der Waals surface area contributed by atoms with Crippen molar-refractivity contribution in [3.8, 4) is 11.1 Å². The minimum atomic E-state index is -0.909. The number of nitrogens with zero attached hydrogens (tertiary/aromatic N) is 2. The van der Waals surface area contributed by atoms with Crippen molar-refractivity contribution < 1.29 is 14.4 Å². The molecule has 1 aromatic carbocycles. The second-order valence-electron chi connectivity index (χ2n) is 8.30. The van der Waals surface area contributed by atoms with E-state index >= 15 is 0 Å². The van der Waals surface area contributed by atoms with Crippen molar-refractivity contribution in [2.24, 2.45) is 5.41 Å². The molecule has 150 valence electrons. The molecule has 2 saturated heterocycles. The van der Waals surface area contributed by atoms with Crippen molar-refractivity contribution in [1.29, 1.82) is 0 Å². The highest BCUT2D eigenvalue weighted by atomic mass is 16.2. The molecular weight excluding hydrogens is 366 g/mol. The topological polar surface area (TPSA) is 79.4 Å². The van der Waals surface area contributed by atoms with Gasteiger partial charge in [0.2, 0.25) is 17.7 Å². The van der Waals surface area contributed by atoms with Crippen LogP contribution in [0.5, 0.6) is 0 Å². The molecular formula is C23H25N3O3. The van der Waals surface area contributed by atoms with E-state index < -0.39 is 5.41 Å². The normalized spacial score (nSPS) is 22.6. The number of hydrogen-bond donors (Lipinski definition) is 1. The molecule has 4 rings (SSSR count). The number of carbonyl (C=O) groups is 3. The largest absolute Gasteiger partial charge is 0.343 e. The Balaban J connectivity index is 1.34. The number of nitrogens with one attached hydrogen (secondary N) is 1. The Labute approximate surface area is 170 Å². The van der Waals surface area contributed by atoms with Gasteiger partial charge in [-0.05, 0) is 54.5 Å². The lowest BCUT2D eigenvalue weighted by atomic mass is 9.83. The first kappa shape index (κ1) is 19.3. The summed E-state index contributed by atoms with van der Waals surface area (Å²) in [7, 11) is 0. The summed E-state index contributed by atoms with van der Waals surface area (Å²) >= 11 is 0. The molecule has 0 radical (unpaired) electrons. The van der Waals surface area contributed by atoms with E-state index in [0.29, 0.717) is 19.0 Å². The van der Waals surface area contributed by atoms with E-state index in [0.717, 1.165) is 18.4 Å². The van der Waals surface area contributed by atoms with Crippen LogP contribution in [0.25, 0.3) is 11.1 Å². The van der Waals surface area contributed by atoms with Crippen LogP contribution in [-0.4, -0.2) is 40.7 Å². The van der Waals surface area contributed by atoms with Crippen LogP contribution in [0.1, 0.15) is 44.1 Å². The lowest BCUT2D eigenvalue weighted by Crippen LogP contribution is -2.41. The summed E-state index contributed by atoms with van der Waals surface area (Å²) in [6.45, 7) is 3.06. The molecule has 6 heteroatoms. The Morgan fingerprint density at radius 2 is 1.69 bits per heavy atom. The SMILES string of the molecule is CC1(CC(=O)N2CCC(c3ccc(-c4ccncc4)cc3)CC2)CC(=O)NC1=O. The average molecular weight is 391 g/mol. The number of amides is 3. The minimum Gasteiger partial charge on any atom is -0.343 e. The molecule has 1 unspecified atom stereocenters. The molecule has 1 atom stereocenters. The smallest absolute Gasteiger partial charge is 0.233 e. The van der Waals surface area contributed by atoms with Gasteiger partial charge >= 0.3 is 0 Å². The van der Waals surface area contributed by atoms with Gasteiger partial charge in [-0.2, -0.15) is 0 Å². The molecule has 2 fully saturated rings. The number of aromatic nitrogens is 1. The second-order valence-corrected chi connectivity index (χ2v) is 8.30. The molecule has 6 nitrogen and oxygen atoms in total. The fourth-order valence-electron chi connectivity index (χ4n) is 4.30. The zero-order valence-electron chi connectivity index (χ0n) is 16.6. The molecule has 2 aliphatic heterocycles. The standard InChI is InChI=1S/C23H25N3O3/c1-23(14-20(27)25-22(23)29)15-21(28)26-12-8-19(9-13-26)17-4-2-16(3-5-17)18-6-10-24-11-7-18/h2-7,10-11,19H,8-9,12-15H2,1H3,(H,25,27,29). The monoisotopic (exact) mass is 391 g/mol. The van der Waals surface area contributed by atoms with Crippen LogP contribution >= 0.6 is 0 Å². The van der Waals surface area contributed by atoms with Crippen LogP contribution < -0.4 is 5.32 Å². The van der Waals surface area contributed by atoms with Gasteiger partial charge < -0.3 is 4.90 Å². The van der Waals surface area contributed by atoms with Crippen LogP contribution in [0, 0.1) is 5.41 Å². The third-order valence-corrected chi connectivity index (χ3v) is 6.14. The fraction of sp³-hybridized carbons (Fsp3) is 0.391. The van der Waals surface area contributed by atoms with Crippen molar-refractivity contribution in [3.05, 3.63) is 54.4 Å². The Bertz CT molecular complexity index is 918. The van der Waals surface area contributed by atoms with E-state index in [1.807, 2.05) is 17.0 Å². The molecule has 2 aliphatic rings. The highest BCUT2D eigenvalue weighted by Gasteiger charge is 2.44. The number of hydrogen-bond acceptors (Lipinski definition) is 4. The van der Waals surface area contributed by atoms with Gasteiger partial charge in [-0.1, -0.05) is 24.3 Å². The van der Waals surface area contributed by atoms with E-state index in [9.17, 15) is 14.4 Å². The highest BCUT2D eigenvalue weighted by molar-refractivity contribution is 6.07. The number of carbonyl (C=O) groups excluding carboxylic acids is 3. The number of imide groups is 1. The van der Waals surface area contributed by atoms with Gasteiger partial charge in [-0.25, -0.2) is 0 Å². The van der Waals surface area contributed by atoms with Gasteiger partial charge in [0.05, 0.1) is 5.41 Å². The lowest BCUT2D eigenvalue weighted by molar-refractivity contribution is -0.139. The second kappa shape index (κ2) is 7.78. The third kappa shape index (κ3) is 4.06. The van der Waals surface area contributed by atoms with Gasteiger partial charge in [0.1, 0.15) is 0 Å². The summed E-state index contributed by atoms with van der Waals surface area (Å²) in [5.74, 6) is -0.236. The van der Waals surface area contributed by atoms with E-state index in [-0.39, 0.29) is 30.6 Å². The molecule has 0 aliphatic carbocycles. The molecule has 3 heterocycles. The molecule has 2 aromatic rings. The molecule has 1 aromatic heterocycles. The van der Waals surface area contributed by atoms with E-state index in [1.54, 1.807) is 19.3 Å². The van der Waals surface area contributed by atoms with Gasteiger partial charge in [0, 0.05) is 38.3 Å². The quantitative estimate of drug-likeness (QED) is 0.813. The third-order valence-electron chi connectivity index (χ3n) is 6.14. The Hall–Kier alpha value is -3.02. The van der Waals surface area contributed by atoms with Gasteiger partial charge in [-0.3, -0.25) is 24.7 Å².